The molecule has 1 amide bonds. The van der Waals surface area contributed by atoms with Crippen molar-refractivity contribution in [2.75, 3.05) is 38.3 Å². The van der Waals surface area contributed by atoms with Gasteiger partial charge in [-0.25, -0.2) is 9.37 Å². The average molecular weight is 329 g/mol. The molecule has 2 heterocycles. The Hall–Kier alpha value is -2.47. The Bertz CT molecular complexity index is 717. The molecule has 126 valence electrons. The molecule has 0 atom stereocenters. The number of aromatic nitrogens is 1. The van der Waals surface area contributed by atoms with Gasteiger partial charge in [0.2, 0.25) is 0 Å². The predicted octanol–water partition coefficient (Wildman–Crippen LogP) is 2.33. The maximum atomic E-state index is 13.8. The zero-order chi connectivity index (χ0) is 16.9. The third-order valence-electron chi connectivity index (χ3n) is 4.04. The van der Waals surface area contributed by atoms with Crippen LogP contribution < -0.4 is 4.90 Å². The van der Waals surface area contributed by atoms with E-state index in [1.54, 1.807) is 43.6 Å². The molecule has 6 heteroatoms. The fraction of sp³-hybridized carbons (Fsp3) is 0.333. The highest BCUT2D eigenvalue weighted by Crippen LogP contribution is 2.21. The quantitative estimate of drug-likeness (QED) is 0.864. The summed E-state index contributed by atoms with van der Waals surface area (Å²) in [5.74, 6) is 0.177. The minimum atomic E-state index is -0.309. The van der Waals surface area contributed by atoms with Crippen molar-refractivity contribution in [2.24, 2.45) is 0 Å². The van der Waals surface area contributed by atoms with Crippen molar-refractivity contribution in [3.05, 3.63) is 59.5 Å². The molecule has 1 fully saturated rings. The predicted molar refractivity (Wildman–Crippen MR) is 89.5 cm³/mol. The average Bonchev–Trinajstić information content (AvgIpc) is 2.63. The van der Waals surface area contributed by atoms with Gasteiger partial charge in [0.15, 0.2) is 0 Å². The number of carbonyl (C=O) groups excluding carboxylic acids is 1. The lowest BCUT2D eigenvalue weighted by Gasteiger charge is -2.30. The molecule has 2 aromatic rings. The number of hydrogen-bond donors (Lipinski definition) is 0. The zero-order valence-corrected chi connectivity index (χ0v) is 13.6. The number of carbonyl (C=O) groups is 1. The molecular weight excluding hydrogens is 309 g/mol. The molecular formula is C18H20FN3O2. The molecule has 1 saturated heterocycles. The number of nitrogens with zero attached hydrogens (tertiary/aromatic N) is 3. The van der Waals surface area contributed by atoms with Crippen molar-refractivity contribution in [3.8, 4) is 0 Å². The van der Waals surface area contributed by atoms with E-state index in [2.05, 4.69) is 4.98 Å². The summed E-state index contributed by atoms with van der Waals surface area (Å²) in [4.78, 5) is 20.8. The van der Waals surface area contributed by atoms with Crippen LogP contribution in [0.2, 0.25) is 0 Å². The Kier molecular flexibility index (Phi) is 5.05. The Balaban J connectivity index is 1.80. The molecule has 1 aliphatic heterocycles. The van der Waals surface area contributed by atoms with E-state index < -0.39 is 0 Å². The summed E-state index contributed by atoms with van der Waals surface area (Å²) in [6, 6.07) is 9.99. The minimum absolute atomic E-state index is 0.173. The highest BCUT2D eigenvalue weighted by molar-refractivity contribution is 5.98. The van der Waals surface area contributed by atoms with Gasteiger partial charge in [-0.15, -0.1) is 0 Å². The molecule has 0 unspecified atom stereocenters. The third-order valence-corrected chi connectivity index (χ3v) is 4.04. The van der Waals surface area contributed by atoms with Crippen LogP contribution in [0.3, 0.4) is 0 Å². The number of anilines is 1. The summed E-state index contributed by atoms with van der Waals surface area (Å²) < 4.78 is 19.2. The van der Waals surface area contributed by atoms with Gasteiger partial charge in [-0.1, -0.05) is 18.2 Å². The van der Waals surface area contributed by atoms with Crippen LogP contribution in [-0.4, -0.2) is 49.1 Å². The van der Waals surface area contributed by atoms with E-state index >= 15 is 0 Å². The number of ether oxygens (including phenoxy) is 1. The van der Waals surface area contributed by atoms with Gasteiger partial charge in [0.05, 0.1) is 18.8 Å². The van der Waals surface area contributed by atoms with Gasteiger partial charge >= 0.3 is 0 Å². The van der Waals surface area contributed by atoms with E-state index in [0.717, 1.165) is 0 Å². The summed E-state index contributed by atoms with van der Waals surface area (Å²) in [5, 5.41) is 0. The van der Waals surface area contributed by atoms with Crippen molar-refractivity contribution in [3.63, 3.8) is 0 Å². The topological polar surface area (TPSA) is 45.7 Å². The summed E-state index contributed by atoms with van der Waals surface area (Å²) in [5.41, 5.74) is 1.02. The largest absolute Gasteiger partial charge is 0.378 e. The first-order valence-electron chi connectivity index (χ1n) is 7.93. The molecule has 1 aromatic carbocycles. The van der Waals surface area contributed by atoms with Crippen molar-refractivity contribution in [2.45, 2.75) is 6.54 Å². The molecule has 0 N–H and O–H groups in total. The second kappa shape index (κ2) is 7.40. The molecule has 0 bridgehead atoms. The molecule has 0 radical (unpaired) electrons. The third kappa shape index (κ3) is 3.54. The number of amides is 1. The second-order valence-electron chi connectivity index (χ2n) is 5.73. The van der Waals surface area contributed by atoms with E-state index in [0.29, 0.717) is 43.2 Å². The van der Waals surface area contributed by atoms with Gasteiger partial charge in [-0.2, -0.15) is 0 Å². The fourth-order valence-corrected chi connectivity index (χ4v) is 2.75. The van der Waals surface area contributed by atoms with Gasteiger partial charge < -0.3 is 14.5 Å². The summed E-state index contributed by atoms with van der Waals surface area (Å²) >= 11 is 0. The Labute approximate surface area is 140 Å². The Morgan fingerprint density at radius 2 is 2.00 bits per heavy atom. The van der Waals surface area contributed by atoms with E-state index in [1.165, 1.54) is 11.0 Å². The number of morpholine rings is 1. The standard InChI is InChI=1S/C18H20FN3O2/c1-21(13-14-5-2-3-7-16(14)19)18(23)15-6-4-8-20-17(15)22-9-11-24-12-10-22/h2-8H,9-13H2,1H3. The smallest absolute Gasteiger partial charge is 0.257 e. The molecule has 1 aromatic heterocycles. The van der Waals surface area contributed by atoms with Crippen LogP contribution in [0.25, 0.3) is 0 Å². The van der Waals surface area contributed by atoms with Crippen molar-refractivity contribution >= 4 is 11.7 Å². The van der Waals surface area contributed by atoms with E-state index in [-0.39, 0.29) is 18.3 Å². The Morgan fingerprint density at radius 1 is 1.25 bits per heavy atom. The first kappa shape index (κ1) is 16.4. The van der Waals surface area contributed by atoms with Crippen LogP contribution in [-0.2, 0) is 11.3 Å². The molecule has 0 saturated carbocycles. The normalized spacial score (nSPS) is 14.5. The van der Waals surface area contributed by atoms with Crippen LogP contribution in [0.1, 0.15) is 15.9 Å². The number of benzene rings is 1. The van der Waals surface area contributed by atoms with Gasteiger partial charge in [-0.05, 0) is 18.2 Å². The van der Waals surface area contributed by atoms with Gasteiger partial charge in [0, 0.05) is 38.4 Å². The van der Waals surface area contributed by atoms with E-state index in [4.69, 9.17) is 4.74 Å². The maximum Gasteiger partial charge on any atom is 0.257 e. The number of pyridine rings is 1. The van der Waals surface area contributed by atoms with Crippen molar-refractivity contribution in [1.82, 2.24) is 9.88 Å². The van der Waals surface area contributed by atoms with Crippen LogP contribution in [0.4, 0.5) is 10.2 Å². The fourth-order valence-electron chi connectivity index (χ4n) is 2.75. The SMILES string of the molecule is CN(Cc1ccccc1F)C(=O)c1cccnc1N1CCOCC1. The lowest BCUT2D eigenvalue weighted by molar-refractivity contribution is 0.0782. The lowest BCUT2D eigenvalue weighted by atomic mass is 10.1. The summed E-state index contributed by atoms with van der Waals surface area (Å²) in [7, 11) is 1.67. The number of halogens is 1. The lowest BCUT2D eigenvalue weighted by Crippen LogP contribution is -2.38. The van der Waals surface area contributed by atoms with Gasteiger partial charge in [0.25, 0.3) is 5.91 Å². The molecule has 24 heavy (non-hydrogen) atoms. The minimum Gasteiger partial charge on any atom is -0.378 e. The van der Waals surface area contributed by atoms with E-state index in [9.17, 15) is 9.18 Å². The van der Waals surface area contributed by atoms with Crippen LogP contribution >= 0.6 is 0 Å². The van der Waals surface area contributed by atoms with Gasteiger partial charge in [0.1, 0.15) is 11.6 Å². The summed E-state index contributed by atoms with van der Waals surface area (Å²) in [6.07, 6.45) is 1.68. The monoisotopic (exact) mass is 329 g/mol. The molecule has 5 nitrogen and oxygen atoms in total. The summed E-state index contributed by atoms with van der Waals surface area (Å²) in [6.45, 7) is 2.86. The first-order valence-corrected chi connectivity index (χ1v) is 7.93. The van der Waals surface area contributed by atoms with Crippen molar-refractivity contribution in [1.29, 1.82) is 0 Å². The zero-order valence-electron chi connectivity index (χ0n) is 13.6. The molecule has 3 rings (SSSR count). The van der Waals surface area contributed by atoms with Crippen molar-refractivity contribution < 1.29 is 13.9 Å². The number of hydrogen-bond acceptors (Lipinski definition) is 4. The molecule has 1 aliphatic rings. The first-order chi connectivity index (χ1) is 11.7. The van der Waals surface area contributed by atoms with E-state index in [1.807, 2.05) is 4.90 Å². The molecule has 0 aliphatic carbocycles. The van der Waals surface area contributed by atoms with Crippen LogP contribution in [0.5, 0.6) is 0 Å². The molecule has 0 spiro atoms. The number of rotatable bonds is 4. The van der Waals surface area contributed by atoms with Crippen LogP contribution in [0.15, 0.2) is 42.6 Å². The Morgan fingerprint density at radius 3 is 2.75 bits per heavy atom. The highest BCUT2D eigenvalue weighted by Gasteiger charge is 2.22. The van der Waals surface area contributed by atoms with Gasteiger partial charge in [-0.3, -0.25) is 4.79 Å². The van der Waals surface area contributed by atoms with Crippen LogP contribution in [0, 0.1) is 5.82 Å². The maximum absolute atomic E-state index is 13.8. The second-order valence-corrected chi connectivity index (χ2v) is 5.73. The highest BCUT2D eigenvalue weighted by atomic mass is 19.1.